The van der Waals surface area contributed by atoms with E-state index in [1.807, 2.05) is 6.92 Å². The van der Waals surface area contributed by atoms with Gasteiger partial charge in [-0.2, -0.15) is 4.31 Å². The van der Waals surface area contributed by atoms with E-state index in [2.05, 4.69) is 0 Å². The molecular formula is C24H26N2O6S. The van der Waals surface area contributed by atoms with Crippen molar-refractivity contribution < 1.29 is 27.5 Å². The largest absolute Gasteiger partial charge is 0.427 e. The van der Waals surface area contributed by atoms with E-state index in [-0.39, 0.29) is 23.1 Å². The van der Waals surface area contributed by atoms with E-state index in [1.54, 1.807) is 24.3 Å². The molecule has 0 aromatic heterocycles. The van der Waals surface area contributed by atoms with Crippen molar-refractivity contribution in [2.75, 3.05) is 4.90 Å². The highest BCUT2D eigenvalue weighted by atomic mass is 32.2. The van der Waals surface area contributed by atoms with Crippen LogP contribution < -0.4 is 9.64 Å². The zero-order valence-electron chi connectivity index (χ0n) is 18.6. The van der Waals surface area contributed by atoms with Crippen molar-refractivity contribution in [2.45, 2.75) is 62.9 Å². The van der Waals surface area contributed by atoms with Crippen molar-refractivity contribution in [3.8, 4) is 5.75 Å². The lowest BCUT2D eigenvalue weighted by Crippen LogP contribution is -2.49. The molecule has 2 aromatic rings. The maximum absolute atomic E-state index is 13.7. The second-order valence-corrected chi connectivity index (χ2v) is 10.3. The summed E-state index contributed by atoms with van der Waals surface area (Å²) < 4.78 is 33.6. The number of hydrogen-bond donors (Lipinski definition) is 0. The summed E-state index contributed by atoms with van der Waals surface area (Å²) in [5, 5.41) is 0. The first-order valence-electron chi connectivity index (χ1n) is 10.9. The number of esters is 1. The maximum Gasteiger partial charge on any atom is 0.308 e. The summed E-state index contributed by atoms with van der Waals surface area (Å²) in [5.74, 6) is -1.23. The van der Waals surface area contributed by atoms with Gasteiger partial charge in [0.25, 0.3) is 5.91 Å². The SMILES string of the molecule is CC(=O)Oc1ccc(N2C(=O)CC(N(C3CCCC3)S(=O)(=O)c3ccc(C)cc3)C2=O)cc1. The van der Waals surface area contributed by atoms with Gasteiger partial charge in [-0.05, 0) is 56.2 Å². The van der Waals surface area contributed by atoms with Crippen molar-refractivity contribution in [1.29, 1.82) is 0 Å². The number of nitrogens with zero attached hydrogens (tertiary/aromatic N) is 2. The summed E-state index contributed by atoms with van der Waals surface area (Å²) in [6, 6.07) is 11.1. The van der Waals surface area contributed by atoms with Crippen molar-refractivity contribution >= 4 is 33.5 Å². The monoisotopic (exact) mass is 470 g/mol. The molecule has 33 heavy (non-hydrogen) atoms. The fourth-order valence-corrected chi connectivity index (χ4v) is 6.35. The first-order chi connectivity index (χ1) is 15.7. The van der Waals surface area contributed by atoms with Crippen molar-refractivity contribution in [3.63, 3.8) is 0 Å². The van der Waals surface area contributed by atoms with Crippen LogP contribution in [-0.4, -0.2) is 42.6 Å². The molecule has 2 aromatic carbocycles. The molecule has 2 fully saturated rings. The number of ether oxygens (including phenoxy) is 1. The van der Waals surface area contributed by atoms with Crippen LogP contribution in [0.15, 0.2) is 53.4 Å². The van der Waals surface area contributed by atoms with Gasteiger partial charge in [0.1, 0.15) is 11.8 Å². The first kappa shape index (κ1) is 23.1. The third-order valence-electron chi connectivity index (χ3n) is 6.07. The molecular weight excluding hydrogens is 444 g/mol. The Labute approximate surface area is 193 Å². The smallest absolute Gasteiger partial charge is 0.308 e. The van der Waals surface area contributed by atoms with Crippen molar-refractivity contribution in [1.82, 2.24) is 4.31 Å². The summed E-state index contributed by atoms with van der Waals surface area (Å²) in [6.45, 7) is 3.15. The predicted octanol–water partition coefficient (Wildman–Crippen LogP) is 3.19. The lowest BCUT2D eigenvalue weighted by atomic mass is 10.2. The molecule has 0 N–H and O–H groups in total. The van der Waals surface area contributed by atoms with Gasteiger partial charge in [-0.25, -0.2) is 13.3 Å². The number of carbonyl (C=O) groups excluding carboxylic acids is 3. The van der Waals surface area contributed by atoms with Crippen LogP contribution in [0.2, 0.25) is 0 Å². The van der Waals surface area contributed by atoms with E-state index < -0.39 is 33.8 Å². The molecule has 0 spiro atoms. The number of aryl methyl sites for hydroxylation is 1. The number of imide groups is 1. The lowest BCUT2D eigenvalue weighted by molar-refractivity contribution is -0.132. The highest BCUT2D eigenvalue weighted by Gasteiger charge is 2.49. The molecule has 1 saturated heterocycles. The molecule has 2 amide bonds. The van der Waals surface area contributed by atoms with Gasteiger partial charge in [-0.15, -0.1) is 0 Å². The Kier molecular flexibility index (Phi) is 6.36. The molecule has 174 valence electrons. The molecule has 1 saturated carbocycles. The standard InChI is InChI=1S/C24H26N2O6S/c1-16-7-13-21(14-8-16)33(30,31)26(19-5-3-4-6-19)22-15-23(28)25(24(22)29)18-9-11-20(12-10-18)32-17(2)27/h7-14,19,22H,3-6,15H2,1-2H3. The normalized spacial score (nSPS) is 19.5. The number of carbonyl (C=O) groups is 3. The molecule has 2 aliphatic rings. The maximum atomic E-state index is 13.7. The molecule has 8 nitrogen and oxygen atoms in total. The molecule has 9 heteroatoms. The van der Waals surface area contributed by atoms with Crippen molar-refractivity contribution in [3.05, 3.63) is 54.1 Å². The topological polar surface area (TPSA) is 101 Å². The molecule has 1 atom stereocenters. The van der Waals surface area contributed by atoms with Gasteiger partial charge in [-0.1, -0.05) is 30.5 Å². The molecule has 1 heterocycles. The Morgan fingerprint density at radius 2 is 1.61 bits per heavy atom. The van der Waals surface area contributed by atoms with Crippen LogP contribution in [0, 0.1) is 6.92 Å². The Balaban J connectivity index is 1.67. The van der Waals surface area contributed by atoms with Gasteiger partial charge < -0.3 is 4.74 Å². The average molecular weight is 471 g/mol. The minimum absolute atomic E-state index is 0.115. The van der Waals surface area contributed by atoms with E-state index in [1.165, 1.54) is 35.5 Å². The number of benzene rings is 2. The fourth-order valence-electron chi connectivity index (χ4n) is 4.52. The fraction of sp³-hybridized carbons (Fsp3) is 0.375. The van der Waals surface area contributed by atoms with Gasteiger partial charge >= 0.3 is 5.97 Å². The van der Waals surface area contributed by atoms with E-state index in [0.717, 1.165) is 23.3 Å². The third-order valence-corrected chi connectivity index (χ3v) is 8.04. The van der Waals surface area contributed by atoms with Crippen LogP contribution in [0.3, 0.4) is 0 Å². The highest BCUT2D eigenvalue weighted by Crippen LogP contribution is 2.36. The van der Waals surface area contributed by atoms with Gasteiger partial charge in [0.15, 0.2) is 0 Å². The van der Waals surface area contributed by atoms with E-state index >= 15 is 0 Å². The van der Waals surface area contributed by atoms with Gasteiger partial charge in [0.2, 0.25) is 15.9 Å². The molecule has 0 radical (unpaired) electrons. The van der Waals surface area contributed by atoms with Crippen LogP contribution in [-0.2, 0) is 24.4 Å². The van der Waals surface area contributed by atoms with Crippen LogP contribution in [0.4, 0.5) is 5.69 Å². The van der Waals surface area contributed by atoms with E-state index in [0.29, 0.717) is 18.5 Å². The van der Waals surface area contributed by atoms with Crippen LogP contribution in [0.1, 0.15) is 44.6 Å². The number of rotatable bonds is 6. The molecule has 1 aliphatic carbocycles. The molecule has 4 rings (SSSR count). The average Bonchev–Trinajstić information content (AvgIpc) is 3.37. The number of sulfonamides is 1. The van der Waals surface area contributed by atoms with Gasteiger partial charge in [-0.3, -0.25) is 14.4 Å². The lowest BCUT2D eigenvalue weighted by Gasteiger charge is -2.32. The van der Waals surface area contributed by atoms with Crippen LogP contribution in [0.5, 0.6) is 5.75 Å². The second-order valence-electron chi connectivity index (χ2n) is 8.46. The number of anilines is 1. The van der Waals surface area contributed by atoms with Crippen LogP contribution in [0.25, 0.3) is 0 Å². The number of amides is 2. The summed E-state index contributed by atoms with van der Waals surface area (Å²) in [5.41, 5.74) is 1.24. The highest BCUT2D eigenvalue weighted by molar-refractivity contribution is 7.89. The van der Waals surface area contributed by atoms with Crippen molar-refractivity contribution in [2.24, 2.45) is 0 Å². The minimum atomic E-state index is -3.99. The van der Waals surface area contributed by atoms with Gasteiger partial charge in [0.05, 0.1) is 17.0 Å². The first-order valence-corrected chi connectivity index (χ1v) is 12.4. The number of hydrogen-bond acceptors (Lipinski definition) is 6. The molecule has 0 bridgehead atoms. The zero-order chi connectivity index (χ0) is 23.8. The van der Waals surface area contributed by atoms with E-state index in [4.69, 9.17) is 4.74 Å². The second kappa shape index (κ2) is 9.07. The summed E-state index contributed by atoms with van der Waals surface area (Å²) in [6.07, 6.45) is 2.84. The summed E-state index contributed by atoms with van der Waals surface area (Å²) in [7, 11) is -3.99. The molecule has 1 unspecified atom stereocenters. The predicted molar refractivity (Wildman–Crippen MR) is 121 cm³/mol. The minimum Gasteiger partial charge on any atom is -0.427 e. The summed E-state index contributed by atoms with van der Waals surface area (Å²) >= 11 is 0. The zero-order valence-corrected chi connectivity index (χ0v) is 19.4. The van der Waals surface area contributed by atoms with Gasteiger partial charge in [0, 0.05) is 13.0 Å². The Bertz CT molecular complexity index is 1170. The Morgan fingerprint density at radius 1 is 1.00 bits per heavy atom. The van der Waals surface area contributed by atoms with E-state index in [9.17, 15) is 22.8 Å². The van der Waals surface area contributed by atoms with Crippen LogP contribution >= 0.6 is 0 Å². The summed E-state index contributed by atoms with van der Waals surface area (Å²) in [4.78, 5) is 38.6. The quantitative estimate of drug-likeness (QED) is 0.365. The third kappa shape index (κ3) is 4.56. The molecule has 1 aliphatic heterocycles. The Hall–Kier alpha value is -3.04. The Morgan fingerprint density at radius 3 is 2.18 bits per heavy atom.